The second-order valence-corrected chi connectivity index (χ2v) is 3.73. The first-order valence-electron chi connectivity index (χ1n) is 5.76. The number of aromatic hydroxyl groups is 1. The van der Waals surface area contributed by atoms with Gasteiger partial charge in [0, 0.05) is 11.8 Å². The summed E-state index contributed by atoms with van der Waals surface area (Å²) >= 11 is 0. The van der Waals surface area contributed by atoms with E-state index >= 15 is 0 Å². The Hall–Kier alpha value is -2.37. The van der Waals surface area contributed by atoms with E-state index in [1.165, 1.54) is 12.3 Å². The first-order valence-corrected chi connectivity index (χ1v) is 5.76. The van der Waals surface area contributed by atoms with Gasteiger partial charge in [0.1, 0.15) is 12.3 Å². The van der Waals surface area contributed by atoms with Crippen LogP contribution in [0.15, 0.2) is 12.8 Å². The number of hydrogen-bond donors (Lipinski definition) is 2. The van der Waals surface area contributed by atoms with Crippen LogP contribution in [0.4, 0.5) is 0 Å². The number of pyridine rings is 1. The maximum Gasteiger partial charge on any atom is 0.325 e. The normalized spacial score (nSPS) is 9.79. The highest BCUT2D eigenvalue weighted by atomic mass is 16.5. The van der Waals surface area contributed by atoms with E-state index in [9.17, 15) is 14.7 Å². The number of nitrogens with zero attached hydrogens (tertiary/aromatic N) is 1. The lowest BCUT2D eigenvalue weighted by Gasteiger charge is -2.09. The van der Waals surface area contributed by atoms with Crippen molar-refractivity contribution < 1.29 is 19.4 Å². The molecule has 6 nitrogen and oxygen atoms in total. The van der Waals surface area contributed by atoms with Crippen molar-refractivity contribution in [2.24, 2.45) is 0 Å². The molecule has 0 aliphatic heterocycles. The molecule has 19 heavy (non-hydrogen) atoms. The van der Waals surface area contributed by atoms with Gasteiger partial charge in [-0.2, -0.15) is 0 Å². The van der Waals surface area contributed by atoms with Crippen LogP contribution < -0.4 is 5.32 Å². The van der Waals surface area contributed by atoms with E-state index in [-0.39, 0.29) is 24.6 Å². The molecule has 1 heterocycles. The number of hydrogen-bond acceptors (Lipinski definition) is 5. The maximum atomic E-state index is 11.8. The lowest BCUT2D eigenvalue weighted by molar-refractivity contribution is -0.141. The molecule has 0 bridgehead atoms. The summed E-state index contributed by atoms with van der Waals surface area (Å²) in [5.74, 6) is -1.40. The molecule has 0 aliphatic carbocycles. The van der Waals surface area contributed by atoms with Crippen molar-refractivity contribution in [3.05, 3.63) is 29.6 Å². The average Bonchev–Trinajstić information content (AvgIpc) is 2.39. The van der Waals surface area contributed by atoms with Gasteiger partial charge < -0.3 is 15.2 Å². The number of esters is 1. The Bertz CT molecular complexity index is 512. The van der Waals surface area contributed by atoms with Gasteiger partial charge in [0.2, 0.25) is 0 Å². The summed E-state index contributed by atoms with van der Waals surface area (Å²) in [7, 11) is 0. The second-order valence-electron chi connectivity index (χ2n) is 3.73. The van der Waals surface area contributed by atoms with Crippen LogP contribution in [0.1, 0.15) is 28.5 Å². The average molecular weight is 264 g/mol. The van der Waals surface area contributed by atoms with Gasteiger partial charge in [-0.15, -0.1) is 0 Å². The van der Waals surface area contributed by atoms with Crippen molar-refractivity contribution in [2.75, 3.05) is 13.2 Å². The van der Waals surface area contributed by atoms with Crippen molar-refractivity contribution in [1.29, 1.82) is 0 Å². The number of rotatable bonds is 5. The number of aromatic nitrogens is 1. The molecule has 0 aromatic carbocycles. The molecular formula is C13H16N2O4. The summed E-state index contributed by atoms with van der Waals surface area (Å²) < 4.78 is 4.67. The third-order valence-corrected chi connectivity index (χ3v) is 2.48. The van der Waals surface area contributed by atoms with Crippen molar-refractivity contribution in [3.8, 4) is 5.75 Å². The van der Waals surface area contributed by atoms with Crippen molar-refractivity contribution in [1.82, 2.24) is 10.3 Å². The Kier molecular flexibility index (Phi) is 5.05. The minimum atomic E-state index is -0.635. The van der Waals surface area contributed by atoms with E-state index in [0.29, 0.717) is 11.1 Å². The standard InChI is InChI=1S/C13H16N2O4/c1-4-9-6-14-11(12(17)8(9)3)13(18)15-7-10(16)19-5-2/h4,6,17H,1,5,7H2,2-3H3,(H,15,18). The minimum absolute atomic E-state index is 0.132. The smallest absolute Gasteiger partial charge is 0.325 e. The predicted molar refractivity (Wildman–Crippen MR) is 69.7 cm³/mol. The second kappa shape index (κ2) is 6.53. The van der Waals surface area contributed by atoms with Gasteiger partial charge in [0.15, 0.2) is 5.69 Å². The molecule has 0 radical (unpaired) electrons. The number of carbonyl (C=O) groups excluding carboxylic acids is 2. The van der Waals surface area contributed by atoms with Gasteiger partial charge in [-0.05, 0) is 19.4 Å². The summed E-state index contributed by atoms with van der Waals surface area (Å²) in [4.78, 5) is 26.7. The first-order chi connectivity index (χ1) is 9.01. The Morgan fingerprint density at radius 3 is 2.84 bits per heavy atom. The number of nitrogens with one attached hydrogen (secondary N) is 1. The van der Waals surface area contributed by atoms with Gasteiger partial charge in [-0.1, -0.05) is 12.7 Å². The van der Waals surface area contributed by atoms with Gasteiger partial charge in [-0.3, -0.25) is 9.59 Å². The van der Waals surface area contributed by atoms with Crippen LogP contribution in [0.2, 0.25) is 0 Å². The van der Waals surface area contributed by atoms with Crippen LogP contribution in [0.5, 0.6) is 5.75 Å². The molecule has 102 valence electrons. The van der Waals surface area contributed by atoms with Crippen LogP contribution in [0.3, 0.4) is 0 Å². The highest BCUT2D eigenvalue weighted by Gasteiger charge is 2.17. The van der Waals surface area contributed by atoms with E-state index < -0.39 is 11.9 Å². The molecule has 1 aromatic rings. The van der Waals surface area contributed by atoms with Gasteiger partial charge in [0.05, 0.1) is 6.61 Å². The third kappa shape index (κ3) is 3.54. The topological polar surface area (TPSA) is 88.5 Å². The monoisotopic (exact) mass is 264 g/mol. The van der Waals surface area contributed by atoms with Crippen LogP contribution in [0.25, 0.3) is 6.08 Å². The maximum absolute atomic E-state index is 11.8. The van der Waals surface area contributed by atoms with Crippen LogP contribution in [-0.4, -0.2) is 35.1 Å². The first kappa shape index (κ1) is 14.7. The van der Waals surface area contributed by atoms with Crippen molar-refractivity contribution in [3.63, 3.8) is 0 Å². The summed E-state index contributed by atoms with van der Waals surface area (Å²) in [6.07, 6.45) is 2.96. The Balaban J connectivity index is 2.81. The minimum Gasteiger partial charge on any atom is -0.505 e. The van der Waals surface area contributed by atoms with E-state index in [4.69, 9.17) is 0 Å². The van der Waals surface area contributed by atoms with Gasteiger partial charge >= 0.3 is 5.97 Å². The quantitative estimate of drug-likeness (QED) is 0.775. The molecule has 0 saturated carbocycles. The molecule has 2 N–H and O–H groups in total. The van der Waals surface area contributed by atoms with Gasteiger partial charge in [-0.25, -0.2) is 4.98 Å². The molecule has 1 rings (SSSR count). The SMILES string of the molecule is C=Cc1cnc(C(=O)NCC(=O)OCC)c(O)c1C. The van der Waals surface area contributed by atoms with Crippen LogP contribution >= 0.6 is 0 Å². The molecule has 0 fully saturated rings. The molecule has 0 atom stereocenters. The fraction of sp³-hybridized carbons (Fsp3) is 0.308. The third-order valence-electron chi connectivity index (χ3n) is 2.48. The van der Waals surface area contributed by atoms with Crippen molar-refractivity contribution >= 4 is 18.0 Å². The molecule has 6 heteroatoms. The van der Waals surface area contributed by atoms with E-state index in [1.54, 1.807) is 13.8 Å². The highest BCUT2D eigenvalue weighted by Crippen LogP contribution is 2.23. The van der Waals surface area contributed by atoms with Crippen molar-refractivity contribution in [2.45, 2.75) is 13.8 Å². The summed E-state index contributed by atoms with van der Waals surface area (Å²) in [6.45, 7) is 6.87. The largest absolute Gasteiger partial charge is 0.505 e. The Morgan fingerprint density at radius 1 is 1.58 bits per heavy atom. The fourth-order valence-electron chi connectivity index (χ4n) is 1.43. The Labute approximate surface area is 111 Å². The molecule has 1 aromatic heterocycles. The zero-order chi connectivity index (χ0) is 14.4. The molecule has 0 saturated heterocycles. The van der Waals surface area contributed by atoms with Crippen LogP contribution in [0, 0.1) is 6.92 Å². The molecule has 0 aliphatic rings. The lowest BCUT2D eigenvalue weighted by atomic mass is 10.1. The highest BCUT2D eigenvalue weighted by molar-refractivity contribution is 5.97. The molecule has 0 unspecified atom stereocenters. The van der Waals surface area contributed by atoms with Crippen LogP contribution in [-0.2, 0) is 9.53 Å². The summed E-state index contributed by atoms with van der Waals surface area (Å²) in [6, 6.07) is 0. The zero-order valence-corrected chi connectivity index (χ0v) is 10.9. The zero-order valence-electron chi connectivity index (χ0n) is 10.9. The van der Waals surface area contributed by atoms with E-state index in [1.807, 2.05) is 0 Å². The number of carbonyl (C=O) groups is 2. The lowest BCUT2D eigenvalue weighted by Crippen LogP contribution is -2.31. The molecular weight excluding hydrogens is 248 g/mol. The Morgan fingerprint density at radius 2 is 2.26 bits per heavy atom. The summed E-state index contributed by atoms with van der Waals surface area (Å²) in [5, 5.41) is 12.2. The fourth-order valence-corrected chi connectivity index (χ4v) is 1.43. The number of ether oxygens (including phenoxy) is 1. The molecule has 1 amide bonds. The van der Waals surface area contributed by atoms with E-state index in [0.717, 1.165) is 0 Å². The summed E-state index contributed by atoms with van der Waals surface area (Å²) in [5.41, 5.74) is 1.01. The van der Waals surface area contributed by atoms with Gasteiger partial charge in [0.25, 0.3) is 5.91 Å². The number of amides is 1. The van der Waals surface area contributed by atoms with E-state index in [2.05, 4.69) is 21.6 Å². The predicted octanol–water partition coefficient (Wildman–Crippen LogP) is 1.03. The molecule has 0 spiro atoms.